The van der Waals surface area contributed by atoms with E-state index in [0.717, 1.165) is 5.56 Å². The summed E-state index contributed by atoms with van der Waals surface area (Å²) in [5, 5.41) is 0. The molecule has 0 saturated carbocycles. The van der Waals surface area contributed by atoms with Gasteiger partial charge < -0.3 is 42.8 Å². The number of benzene rings is 3. The molecule has 0 unspecified atom stereocenters. The van der Waals surface area contributed by atoms with E-state index in [1.54, 1.807) is 31.3 Å². The quantitative estimate of drug-likeness (QED) is 0.246. The van der Waals surface area contributed by atoms with Crippen LogP contribution in [0, 0.1) is 6.92 Å². The van der Waals surface area contributed by atoms with Gasteiger partial charge >= 0.3 is 0 Å². The van der Waals surface area contributed by atoms with E-state index >= 15 is 0 Å². The zero-order valence-corrected chi connectivity index (χ0v) is 28.1. The molecular formula is C36H41NO10. The van der Waals surface area contributed by atoms with Gasteiger partial charge in [0.1, 0.15) is 5.75 Å². The van der Waals surface area contributed by atoms with Crippen molar-refractivity contribution in [3.8, 4) is 40.2 Å². The lowest BCUT2D eigenvalue weighted by atomic mass is 9.80. The summed E-state index contributed by atoms with van der Waals surface area (Å²) in [6, 6.07) is 9.96. The highest BCUT2D eigenvalue weighted by atomic mass is 16.5. The molecule has 3 aromatic rings. The molecule has 0 aliphatic carbocycles. The van der Waals surface area contributed by atoms with Gasteiger partial charge in [0.15, 0.2) is 28.8 Å². The first-order valence-corrected chi connectivity index (χ1v) is 15.1. The standard InChI is InChI=1S/C36H41NO10/c1-20-30(41-3)22(16-28(40-2)31(20)42-4)14-23-15-27(38)25-17-24-29(33(44-6)35(46-8)34(45-7)32(24)43-5)26(37(25)36(23)39)19-47-18-21-12-10-9-11-13-21/h9-14,16,25-26H,15,17-19H2,1-8H3/b23-14-/t25-,26-/m0/s1. The number of hydrogen-bond donors (Lipinski definition) is 0. The van der Waals surface area contributed by atoms with Gasteiger partial charge in [-0.05, 0) is 24.6 Å². The van der Waals surface area contributed by atoms with Crippen LogP contribution in [0.1, 0.15) is 40.3 Å². The molecule has 2 atom stereocenters. The molecule has 2 aliphatic heterocycles. The van der Waals surface area contributed by atoms with Gasteiger partial charge in [0.05, 0.1) is 75.1 Å². The second-order valence-electron chi connectivity index (χ2n) is 11.1. The van der Waals surface area contributed by atoms with E-state index in [0.29, 0.717) is 74.7 Å². The number of ketones is 1. The first kappa shape index (κ1) is 33.5. The smallest absolute Gasteiger partial charge is 0.251 e. The Hall–Kier alpha value is -4.90. The van der Waals surface area contributed by atoms with E-state index in [-0.39, 0.29) is 31.1 Å². The predicted octanol–water partition coefficient (Wildman–Crippen LogP) is 5.12. The van der Waals surface area contributed by atoms with Crippen LogP contribution in [0.15, 0.2) is 42.0 Å². The summed E-state index contributed by atoms with van der Waals surface area (Å²) in [6.07, 6.45) is 1.81. The van der Waals surface area contributed by atoms with Crippen molar-refractivity contribution in [1.29, 1.82) is 0 Å². The van der Waals surface area contributed by atoms with Gasteiger partial charge in [-0.2, -0.15) is 0 Å². The molecule has 47 heavy (non-hydrogen) atoms. The highest BCUT2D eigenvalue weighted by molar-refractivity contribution is 6.10. The Bertz CT molecular complexity index is 1680. The van der Waals surface area contributed by atoms with Gasteiger partial charge in [-0.1, -0.05) is 30.3 Å². The highest BCUT2D eigenvalue weighted by Crippen LogP contribution is 2.55. The number of piperidine rings is 1. The fourth-order valence-corrected chi connectivity index (χ4v) is 6.70. The molecule has 3 aromatic carbocycles. The average Bonchev–Trinajstić information content (AvgIpc) is 3.09. The minimum absolute atomic E-state index is 0.0679. The molecule has 1 fully saturated rings. The molecule has 5 rings (SSSR count). The van der Waals surface area contributed by atoms with Gasteiger partial charge in [0.2, 0.25) is 11.5 Å². The van der Waals surface area contributed by atoms with Crippen molar-refractivity contribution in [1.82, 2.24) is 4.90 Å². The third-order valence-corrected chi connectivity index (χ3v) is 8.73. The van der Waals surface area contributed by atoms with Crippen LogP contribution in [0.2, 0.25) is 0 Å². The Morgan fingerprint density at radius 1 is 0.766 bits per heavy atom. The Morgan fingerprint density at radius 3 is 1.98 bits per heavy atom. The van der Waals surface area contributed by atoms with E-state index in [4.69, 9.17) is 37.9 Å². The van der Waals surface area contributed by atoms with Crippen molar-refractivity contribution in [3.63, 3.8) is 0 Å². The molecule has 2 aliphatic rings. The maximum absolute atomic E-state index is 14.6. The van der Waals surface area contributed by atoms with E-state index in [9.17, 15) is 9.59 Å². The third kappa shape index (κ3) is 5.91. The molecule has 1 amide bonds. The number of nitrogens with zero attached hydrogens (tertiary/aromatic N) is 1. The first-order chi connectivity index (χ1) is 22.8. The van der Waals surface area contributed by atoms with Gasteiger partial charge in [-0.3, -0.25) is 9.59 Å². The van der Waals surface area contributed by atoms with Crippen LogP contribution in [-0.2, 0) is 27.4 Å². The van der Waals surface area contributed by atoms with Crippen molar-refractivity contribution in [3.05, 3.63) is 69.8 Å². The number of carbonyl (C=O) groups is 2. The van der Waals surface area contributed by atoms with Gasteiger partial charge in [0, 0.05) is 40.7 Å². The summed E-state index contributed by atoms with van der Waals surface area (Å²) >= 11 is 0. The zero-order valence-electron chi connectivity index (χ0n) is 28.1. The maximum Gasteiger partial charge on any atom is 0.251 e. The van der Waals surface area contributed by atoms with Crippen LogP contribution in [-0.4, -0.2) is 79.0 Å². The molecule has 0 radical (unpaired) electrons. The normalized spacial score (nSPS) is 18.0. The van der Waals surface area contributed by atoms with Crippen LogP contribution < -0.4 is 33.2 Å². The molecule has 2 heterocycles. The number of fused-ring (bicyclic) bond motifs is 2. The second kappa shape index (κ2) is 14.3. The van der Waals surface area contributed by atoms with Crippen molar-refractivity contribution in [2.45, 2.75) is 38.5 Å². The molecule has 11 heteroatoms. The molecule has 1 saturated heterocycles. The summed E-state index contributed by atoms with van der Waals surface area (Å²) in [7, 11) is 10.7. The molecule has 0 aromatic heterocycles. The average molecular weight is 648 g/mol. The van der Waals surface area contributed by atoms with Gasteiger partial charge in [-0.25, -0.2) is 0 Å². The summed E-state index contributed by atoms with van der Waals surface area (Å²) in [5.74, 6) is 2.52. The minimum atomic E-state index is -0.775. The monoisotopic (exact) mass is 647 g/mol. The van der Waals surface area contributed by atoms with Crippen molar-refractivity contribution >= 4 is 17.8 Å². The van der Waals surface area contributed by atoms with E-state index < -0.39 is 12.1 Å². The number of amides is 1. The van der Waals surface area contributed by atoms with Crippen LogP contribution in [0.25, 0.3) is 6.08 Å². The molecule has 0 bridgehead atoms. The lowest BCUT2D eigenvalue weighted by Gasteiger charge is -2.46. The van der Waals surface area contributed by atoms with Crippen molar-refractivity contribution in [2.75, 3.05) is 56.4 Å². The maximum atomic E-state index is 14.6. The number of rotatable bonds is 12. The van der Waals surface area contributed by atoms with E-state index in [1.807, 2.05) is 37.3 Å². The van der Waals surface area contributed by atoms with Crippen molar-refractivity contribution < 1.29 is 47.5 Å². The summed E-state index contributed by atoms with van der Waals surface area (Å²) in [6.45, 7) is 2.21. The first-order valence-electron chi connectivity index (χ1n) is 15.1. The molecule has 0 spiro atoms. The van der Waals surface area contributed by atoms with Crippen molar-refractivity contribution in [2.24, 2.45) is 0 Å². The summed E-state index contributed by atoms with van der Waals surface area (Å²) in [4.78, 5) is 30.2. The van der Waals surface area contributed by atoms with E-state index in [2.05, 4.69) is 0 Å². The molecule has 11 nitrogen and oxygen atoms in total. The van der Waals surface area contributed by atoms with E-state index in [1.165, 1.54) is 35.5 Å². The third-order valence-electron chi connectivity index (χ3n) is 8.73. The number of Topliss-reactive ketones (excluding diaryl/α,β-unsaturated/α-hetero) is 1. The lowest BCUT2D eigenvalue weighted by molar-refractivity contribution is -0.146. The number of carbonyl (C=O) groups excluding carboxylic acids is 2. The van der Waals surface area contributed by atoms with Crippen LogP contribution in [0.5, 0.6) is 40.2 Å². The highest BCUT2D eigenvalue weighted by Gasteiger charge is 2.49. The number of methoxy groups -OCH3 is 7. The molecule has 250 valence electrons. The zero-order chi connectivity index (χ0) is 33.8. The summed E-state index contributed by atoms with van der Waals surface area (Å²) in [5.41, 5.74) is 3.88. The largest absolute Gasteiger partial charge is 0.496 e. The summed E-state index contributed by atoms with van der Waals surface area (Å²) < 4.78 is 46.4. The Labute approximate surface area is 274 Å². The van der Waals surface area contributed by atoms with Gasteiger partial charge in [-0.15, -0.1) is 0 Å². The molecule has 0 N–H and O–H groups in total. The SMILES string of the molecule is COc1cc(/C=C2/CC(=O)[C@@H]3Cc4c(OC)c(OC)c(OC)c(OC)c4[C@H](COCc4ccccc4)N3C2=O)c(OC)c(C)c1OC. The number of ether oxygens (including phenoxy) is 8. The second-order valence-corrected chi connectivity index (χ2v) is 11.1. The number of hydrogen-bond acceptors (Lipinski definition) is 10. The topological polar surface area (TPSA) is 111 Å². The Balaban J connectivity index is 1.67. The van der Waals surface area contributed by atoms with Crippen LogP contribution >= 0.6 is 0 Å². The Kier molecular flexibility index (Phi) is 10.1. The Morgan fingerprint density at radius 2 is 1.38 bits per heavy atom. The lowest BCUT2D eigenvalue weighted by Crippen LogP contribution is -2.56. The van der Waals surface area contributed by atoms with Crippen LogP contribution in [0.3, 0.4) is 0 Å². The minimum Gasteiger partial charge on any atom is -0.496 e. The van der Waals surface area contributed by atoms with Crippen LogP contribution in [0.4, 0.5) is 0 Å². The fraction of sp³-hybridized carbons (Fsp3) is 0.389. The predicted molar refractivity (Wildman–Crippen MR) is 174 cm³/mol. The molecular weight excluding hydrogens is 606 g/mol. The van der Waals surface area contributed by atoms with Gasteiger partial charge in [0.25, 0.3) is 5.91 Å². The fourth-order valence-electron chi connectivity index (χ4n) is 6.70.